The second kappa shape index (κ2) is 9.62. The number of likely N-dealkylation sites (N-methyl/N-ethyl adjacent to an activating group) is 1. The van der Waals surface area contributed by atoms with Crippen LogP contribution in [0.1, 0.15) is 32.8 Å². The van der Waals surface area contributed by atoms with Crippen molar-refractivity contribution in [2.24, 2.45) is 17.8 Å². The molecule has 4 aliphatic rings. The summed E-state index contributed by atoms with van der Waals surface area (Å²) in [4.78, 5) is 47.7. The number of carbonyl (C=O) groups is 3. The molecule has 0 saturated carbocycles. The first-order valence-electron chi connectivity index (χ1n) is 13.2. The predicted molar refractivity (Wildman–Crippen MR) is 144 cm³/mol. The van der Waals surface area contributed by atoms with E-state index in [1.807, 2.05) is 55.5 Å². The van der Waals surface area contributed by atoms with Gasteiger partial charge in [0.2, 0.25) is 17.7 Å². The van der Waals surface area contributed by atoms with Crippen LogP contribution in [0.5, 0.6) is 0 Å². The number of rotatable bonds is 6. The molecule has 4 heterocycles. The van der Waals surface area contributed by atoms with Gasteiger partial charge in [-0.15, -0.1) is 11.8 Å². The fourth-order valence-electron chi connectivity index (χ4n) is 6.79. The third-order valence-electron chi connectivity index (χ3n) is 8.34. The lowest BCUT2D eigenvalue weighted by molar-refractivity contribution is -0.147. The molecule has 5 rings (SSSR count). The summed E-state index contributed by atoms with van der Waals surface area (Å²) in [7, 11) is 1.77. The molecule has 8 heteroatoms. The topological polar surface area (TPSA) is 81.2 Å². The van der Waals surface area contributed by atoms with E-state index >= 15 is 0 Å². The Morgan fingerprint density at radius 1 is 1.00 bits per heavy atom. The lowest BCUT2D eigenvalue weighted by atomic mass is 9.74. The van der Waals surface area contributed by atoms with Crippen molar-refractivity contribution in [3.05, 3.63) is 60.2 Å². The summed E-state index contributed by atoms with van der Waals surface area (Å²) in [5.41, 5.74) is 1.02. The summed E-state index contributed by atoms with van der Waals surface area (Å²) >= 11 is 1.58. The van der Waals surface area contributed by atoms with E-state index in [0.29, 0.717) is 26.1 Å². The number of thioether (sulfide) groups is 1. The van der Waals surface area contributed by atoms with Crippen LogP contribution in [0.15, 0.2) is 54.6 Å². The first-order valence-corrected chi connectivity index (χ1v) is 14.0. The van der Waals surface area contributed by atoms with Crippen LogP contribution in [0.3, 0.4) is 0 Å². The third kappa shape index (κ3) is 4.13. The van der Waals surface area contributed by atoms with Crippen LogP contribution >= 0.6 is 11.8 Å². The minimum absolute atomic E-state index is 0.0635. The number of aliphatic hydroxyl groups is 1. The molecule has 1 aromatic rings. The van der Waals surface area contributed by atoms with Crippen molar-refractivity contribution in [2.45, 2.75) is 55.3 Å². The highest BCUT2D eigenvalue weighted by Gasteiger charge is 2.74. The molecule has 0 radical (unpaired) electrons. The minimum atomic E-state index is -0.887. The van der Waals surface area contributed by atoms with Gasteiger partial charge in [0.1, 0.15) is 6.04 Å². The summed E-state index contributed by atoms with van der Waals surface area (Å²) in [5, 5.41) is 10.5. The van der Waals surface area contributed by atoms with Crippen LogP contribution in [-0.2, 0) is 20.9 Å². The molecule has 0 aromatic heterocycles. The van der Waals surface area contributed by atoms with E-state index in [4.69, 9.17) is 0 Å². The zero-order valence-corrected chi connectivity index (χ0v) is 22.9. The van der Waals surface area contributed by atoms with Gasteiger partial charge in [-0.05, 0) is 24.8 Å². The van der Waals surface area contributed by atoms with E-state index in [2.05, 4.69) is 19.9 Å². The Labute approximate surface area is 223 Å². The largest absolute Gasteiger partial charge is 0.394 e. The molecule has 2 fully saturated rings. The first-order chi connectivity index (χ1) is 17.6. The SMILES string of the molecule is CC(C)C[C@H](CO)N1C(=O)[C@@H]2[C@@H]3C(=O)N(C)CC=C[C@]3(C)S[C@@]23C=CCN(Cc2ccccc2)C(=O)C13. The number of benzene rings is 1. The highest BCUT2D eigenvalue weighted by atomic mass is 32.2. The van der Waals surface area contributed by atoms with Gasteiger partial charge in [-0.25, -0.2) is 0 Å². The number of nitrogens with zero attached hydrogens (tertiary/aromatic N) is 3. The van der Waals surface area contributed by atoms with Crippen molar-refractivity contribution in [2.75, 3.05) is 26.7 Å². The standard InChI is InChI=1S/C29H37N3O4S/c1-19(2)16-21(18-33)32-24-27(36)31(17-20-10-6-5-7-11-20)15-9-13-29(24)23(26(32)35)22-25(34)30(4)14-8-12-28(22,3)37-29/h5-13,19,21-24,33H,14-18H2,1-4H3/t21-,22-,23+,24?,28+,29+/m1/s1. The highest BCUT2D eigenvalue weighted by Crippen LogP contribution is 2.65. The van der Waals surface area contributed by atoms with Crippen LogP contribution in [-0.4, -0.2) is 85.8 Å². The van der Waals surface area contributed by atoms with Gasteiger partial charge >= 0.3 is 0 Å². The smallest absolute Gasteiger partial charge is 0.247 e. The normalized spacial score (nSPS) is 33.9. The molecule has 37 heavy (non-hydrogen) atoms. The van der Waals surface area contributed by atoms with E-state index < -0.39 is 33.4 Å². The Balaban J connectivity index is 1.63. The molecule has 1 unspecified atom stereocenters. The zero-order valence-electron chi connectivity index (χ0n) is 22.0. The molecule has 0 bridgehead atoms. The molecular weight excluding hydrogens is 486 g/mol. The van der Waals surface area contributed by atoms with Crippen molar-refractivity contribution in [1.29, 1.82) is 0 Å². The second-order valence-corrected chi connectivity index (χ2v) is 13.2. The fraction of sp³-hybridized carbons (Fsp3) is 0.552. The van der Waals surface area contributed by atoms with Crippen molar-refractivity contribution in [3.8, 4) is 0 Å². The quantitative estimate of drug-likeness (QED) is 0.580. The number of amides is 3. The van der Waals surface area contributed by atoms with E-state index in [1.54, 1.807) is 33.5 Å². The summed E-state index contributed by atoms with van der Waals surface area (Å²) < 4.78 is -1.50. The van der Waals surface area contributed by atoms with Gasteiger partial charge in [0.05, 0.1) is 29.2 Å². The van der Waals surface area contributed by atoms with Crippen LogP contribution < -0.4 is 0 Å². The summed E-state index contributed by atoms with van der Waals surface area (Å²) in [5.74, 6) is -1.41. The zero-order chi connectivity index (χ0) is 26.5. The van der Waals surface area contributed by atoms with Crippen molar-refractivity contribution >= 4 is 29.5 Å². The molecule has 3 amide bonds. The van der Waals surface area contributed by atoms with Crippen molar-refractivity contribution in [1.82, 2.24) is 14.7 Å². The minimum Gasteiger partial charge on any atom is -0.394 e. The predicted octanol–water partition coefficient (Wildman–Crippen LogP) is 2.71. The number of aliphatic hydroxyl groups excluding tert-OH is 1. The number of fused-ring (bicyclic) bond motifs is 2. The second-order valence-electron chi connectivity index (χ2n) is 11.4. The van der Waals surface area contributed by atoms with Crippen molar-refractivity contribution in [3.63, 3.8) is 0 Å². The molecule has 0 aliphatic carbocycles. The molecule has 4 aliphatic heterocycles. The average Bonchev–Trinajstić information content (AvgIpc) is 3.15. The number of hydrogen-bond acceptors (Lipinski definition) is 5. The molecular formula is C29H37N3O4S. The van der Waals surface area contributed by atoms with Crippen molar-refractivity contribution < 1.29 is 19.5 Å². The van der Waals surface area contributed by atoms with Crippen LogP contribution in [0.4, 0.5) is 0 Å². The number of carbonyl (C=O) groups excluding carboxylic acids is 3. The van der Waals surface area contributed by atoms with Gasteiger partial charge in [-0.1, -0.05) is 68.5 Å². The maximum Gasteiger partial charge on any atom is 0.247 e. The van der Waals surface area contributed by atoms with Gasteiger partial charge in [0, 0.05) is 31.4 Å². The molecule has 2 saturated heterocycles. The Morgan fingerprint density at radius 3 is 2.38 bits per heavy atom. The Bertz CT molecular complexity index is 1140. The van der Waals surface area contributed by atoms with Crippen LogP contribution in [0.2, 0.25) is 0 Å². The van der Waals surface area contributed by atoms with Gasteiger partial charge in [0.15, 0.2) is 0 Å². The Kier molecular flexibility index (Phi) is 6.77. The average molecular weight is 524 g/mol. The van der Waals surface area contributed by atoms with Gasteiger partial charge in [-0.3, -0.25) is 14.4 Å². The summed E-state index contributed by atoms with van der Waals surface area (Å²) in [6.07, 6.45) is 8.68. The monoisotopic (exact) mass is 523 g/mol. The summed E-state index contributed by atoms with van der Waals surface area (Å²) in [6, 6.07) is 8.57. The molecule has 198 valence electrons. The maximum absolute atomic E-state index is 14.4. The molecule has 7 nitrogen and oxygen atoms in total. The lowest BCUT2D eigenvalue weighted by Gasteiger charge is -2.40. The summed E-state index contributed by atoms with van der Waals surface area (Å²) in [6.45, 7) is 7.27. The third-order valence-corrected chi connectivity index (χ3v) is 10.1. The molecule has 1 aromatic carbocycles. The van der Waals surface area contributed by atoms with E-state index in [1.165, 1.54) is 0 Å². The Morgan fingerprint density at radius 2 is 1.70 bits per heavy atom. The van der Waals surface area contributed by atoms with Gasteiger partial charge in [0.25, 0.3) is 0 Å². The van der Waals surface area contributed by atoms with E-state index in [0.717, 1.165) is 5.56 Å². The van der Waals surface area contributed by atoms with E-state index in [-0.39, 0.29) is 30.2 Å². The van der Waals surface area contributed by atoms with Crippen LogP contribution in [0.25, 0.3) is 0 Å². The van der Waals surface area contributed by atoms with Gasteiger partial charge in [-0.2, -0.15) is 0 Å². The number of hydrogen-bond donors (Lipinski definition) is 1. The Hall–Kier alpha value is -2.58. The molecule has 1 N–H and O–H groups in total. The van der Waals surface area contributed by atoms with Gasteiger partial charge < -0.3 is 19.8 Å². The highest BCUT2D eigenvalue weighted by molar-refractivity contribution is 8.02. The molecule has 1 spiro atoms. The maximum atomic E-state index is 14.4. The first kappa shape index (κ1) is 26.0. The molecule has 6 atom stereocenters. The van der Waals surface area contributed by atoms with Crippen LogP contribution in [0, 0.1) is 17.8 Å². The lowest BCUT2D eigenvalue weighted by Crippen LogP contribution is -2.56. The number of likely N-dealkylation sites (tertiary alicyclic amines) is 1. The van der Waals surface area contributed by atoms with E-state index in [9.17, 15) is 19.5 Å². The fourth-order valence-corrected chi connectivity index (χ4v) is 8.93.